The molecule has 27 heavy (non-hydrogen) atoms. The Bertz CT molecular complexity index is 986. The predicted molar refractivity (Wildman–Crippen MR) is 98.6 cm³/mol. The Morgan fingerprint density at radius 2 is 1.93 bits per heavy atom. The summed E-state index contributed by atoms with van der Waals surface area (Å²) in [4.78, 5) is 23.9. The summed E-state index contributed by atoms with van der Waals surface area (Å²) in [5.41, 5.74) is 2.38. The highest BCUT2D eigenvalue weighted by molar-refractivity contribution is 6.31. The molecule has 3 rings (SSSR count). The van der Waals surface area contributed by atoms with Crippen LogP contribution in [0.4, 0.5) is 10.1 Å². The minimum Gasteiger partial charge on any atom is -0.452 e. The molecule has 0 saturated carbocycles. The molecule has 1 aromatic heterocycles. The Hall–Kier alpha value is -3.19. The molecule has 8 heteroatoms. The normalized spacial score (nSPS) is 10.5. The lowest BCUT2D eigenvalue weighted by Crippen LogP contribution is -2.21. The summed E-state index contributed by atoms with van der Waals surface area (Å²) >= 11 is 5.65. The number of amides is 1. The molecule has 0 atom stereocenters. The molecule has 3 aromatic rings. The molecule has 0 saturated heterocycles. The van der Waals surface area contributed by atoms with Crippen molar-refractivity contribution in [3.63, 3.8) is 0 Å². The van der Waals surface area contributed by atoms with Gasteiger partial charge in [0.25, 0.3) is 5.91 Å². The number of anilines is 1. The van der Waals surface area contributed by atoms with E-state index in [1.807, 2.05) is 13.0 Å². The fourth-order valence-corrected chi connectivity index (χ4v) is 2.54. The number of hydrogen-bond donors (Lipinski definition) is 1. The van der Waals surface area contributed by atoms with E-state index >= 15 is 0 Å². The zero-order valence-corrected chi connectivity index (χ0v) is 15.0. The third kappa shape index (κ3) is 4.51. The van der Waals surface area contributed by atoms with E-state index in [1.54, 1.807) is 35.1 Å². The standard InChI is InChI=1S/C19H15ClFN3O3/c1-12-8-9-22-24(12)15-5-2-13(3-6-15)19(26)27-11-18(25)23-14-4-7-17(21)16(20)10-14/h2-10H,11H2,1H3,(H,23,25). The van der Waals surface area contributed by atoms with Gasteiger partial charge in [-0.2, -0.15) is 5.10 Å². The van der Waals surface area contributed by atoms with Gasteiger partial charge in [-0.1, -0.05) is 11.6 Å². The molecule has 0 aliphatic heterocycles. The zero-order chi connectivity index (χ0) is 19.4. The number of rotatable bonds is 5. The number of ether oxygens (including phenoxy) is 1. The molecular weight excluding hydrogens is 373 g/mol. The fourth-order valence-electron chi connectivity index (χ4n) is 2.36. The van der Waals surface area contributed by atoms with Gasteiger partial charge in [-0.3, -0.25) is 4.79 Å². The van der Waals surface area contributed by atoms with Crippen molar-refractivity contribution in [2.45, 2.75) is 6.92 Å². The first-order chi connectivity index (χ1) is 12.9. The lowest BCUT2D eigenvalue weighted by atomic mass is 10.2. The van der Waals surface area contributed by atoms with Crippen molar-refractivity contribution in [2.24, 2.45) is 0 Å². The lowest BCUT2D eigenvalue weighted by molar-refractivity contribution is -0.119. The van der Waals surface area contributed by atoms with Gasteiger partial charge in [0.1, 0.15) is 5.82 Å². The van der Waals surface area contributed by atoms with E-state index in [1.165, 1.54) is 12.1 Å². The second-order valence-electron chi connectivity index (χ2n) is 5.68. The zero-order valence-electron chi connectivity index (χ0n) is 14.3. The van der Waals surface area contributed by atoms with E-state index < -0.39 is 24.3 Å². The minimum atomic E-state index is -0.633. The van der Waals surface area contributed by atoms with Crippen LogP contribution in [0.15, 0.2) is 54.7 Å². The molecular formula is C19H15ClFN3O3. The van der Waals surface area contributed by atoms with E-state index in [4.69, 9.17) is 16.3 Å². The van der Waals surface area contributed by atoms with Gasteiger partial charge >= 0.3 is 5.97 Å². The molecule has 1 N–H and O–H groups in total. The van der Waals surface area contributed by atoms with Crippen molar-refractivity contribution in [2.75, 3.05) is 11.9 Å². The fraction of sp³-hybridized carbons (Fsp3) is 0.105. The third-order valence-corrected chi connectivity index (χ3v) is 4.01. The topological polar surface area (TPSA) is 73.2 Å². The van der Waals surface area contributed by atoms with Gasteiger partial charge in [-0.25, -0.2) is 13.9 Å². The van der Waals surface area contributed by atoms with Crippen molar-refractivity contribution >= 4 is 29.2 Å². The first-order valence-corrected chi connectivity index (χ1v) is 8.35. The number of carbonyl (C=O) groups excluding carboxylic acids is 2. The molecule has 1 heterocycles. The molecule has 0 fully saturated rings. The van der Waals surface area contributed by atoms with Crippen LogP contribution in [-0.2, 0) is 9.53 Å². The van der Waals surface area contributed by atoms with E-state index in [2.05, 4.69) is 10.4 Å². The smallest absolute Gasteiger partial charge is 0.338 e. The van der Waals surface area contributed by atoms with Crippen molar-refractivity contribution in [3.05, 3.63) is 76.8 Å². The Morgan fingerprint density at radius 3 is 2.56 bits per heavy atom. The van der Waals surface area contributed by atoms with Crippen LogP contribution >= 0.6 is 11.6 Å². The first kappa shape index (κ1) is 18.6. The van der Waals surface area contributed by atoms with Crippen LogP contribution in [-0.4, -0.2) is 28.3 Å². The van der Waals surface area contributed by atoms with Crippen molar-refractivity contribution < 1.29 is 18.7 Å². The average molecular weight is 388 g/mol. The number of carbonyl (C=O) groups is 2. The molecule has 0 unspecified atom stereocenters. The van der Waals surface area contributed by atoms with Crippen LogP contribution in [0.2, 0.25) is 5.02 Å². The maximum absolute atomic E-state index is 13.1. The summed E-state index contributed by atoms with van der Waals surface area (Å²) in [7, 11) is 0. The first-order valence-electron chi connectivity index (χ1n) is 7.97. The Labute approximate surface area is 159 Å². The Morgan fingerprint density at radius 1 is 1.19 bits per heavy atom. The Balaban J connectivity index is 1.56. The monoisotopic (exact) mass is 387 g/mol. The highest BCUT2D eigenvalue weighted by Gasteiger charge is 2.12. The molecule has 0 bridgehead atoms. The molecule has 6 nitrogen and oxygen atoms in total. The van der Waals surface area contributed by atoms with E-state index in [9.17, 15) is 14.0 Å². The summed E-state index contributed by atoms with van der Waals surface area (Å²) in [6.07, 6.45) is 1.68. The van der Waals surface area contributed by atoms with E-state index in [0.29, 0.717) is 11.3 Å². The predicted octanol–water partition coefficient (Wildman–Crippen LogP) is 3.77. The van der Waals surface area contributed by atoms with Gasteiger partial charge in [0.05, 0.1) is 16.3 Å². The molecule has 0 spiro atoms. The Kier molecular flexibility index (Phi) is 5.52. The van der Waals surface area contributed by atoms with Crippen LogP contribution in [0.5, 0.6) is 0 Å². The van der Waals surface area contributed by atoms with Crippen LogP contribution in [0.3, 0.4) is 0 Å². The number of nitrogens with zero attached hydrogens (tertiary/aromatic N) is 2. The van der Waals surface area contributed by atoms with Crippen LogP contribution in [0.25, 0.3) is 5.69 Å². The molecule has 0 aliphatic rings. The second kappa shape index (κ2) is 8.01. The summed E-state index contributed by atoms with van der Waals surface area (Å²) in [6.45, 7) is 1.44. The minimum absolute atomic E-state index is 0.114. The highest BCUT2D eigenvalue weighted by atomic mass is 35.5. The maximum Gasteiger partial charge on any atom is 0.338 e. The molecule has 2 aromatic carbocycles. The van der Waals surface area contributed by atoms with Gasteiger partial charge in [-0.15, -0.1) is 0 Å². The van der Waals surface area contributed by atoms with Gasteiger partial charge in [-0.05, 0) is 55.5 Å². The molecule has 138 valence electrons. The van der Waals surface area contributed by atoms with Crippen LogP contribution in [0.1, 0.15) is 16.1 Å². The number of esters is 1. The highest BCUT2D eigenvalue weighted by Crippen LogP contribution is 2.19. The van der Waals surface area contributed by atoms with Gasteiger partial charge in [0, 0.05) is 17.6 Å². The van der Waals surface area contributed by atoms with Crippen LogP contribution < -0.4 is 5.32 Å². The summed E-state index contributed by atoms with van der Waals surface area (Å²) in [5.74, 6) is -1.78. The molecule has 0 aliphatic carbocycles. The second-order valence-corrected chi connectivity index (χ2v) is 6.09. The largest absolute Gasteiger partial charge is 0.452 e. The van der Waals surface area contributed by atoms with E-state index in [0.717, 1.165) is 17.4 Å². The number of aromatic nitrogens is 2. The maximum atomic E-state index is 13.1. The van der Waals surface area contributed by atoms with Gasteiger partial charge in [0.15, 0.2) is 6.61 Å². The summed E-state index contributed by atoms with van der Waals surface area (Å²) < 4.78 is 19.8. The number of halogens is 2. The number of benzene rings is 2. The summed E-state index contributed by atoms with van der Waals surface area (Å²) in [6, 6.07) is 12.3. The van der Waals surface area contributed by atoms with Gasteiger partial charge in [0.2, 0.25) is 0 Å². The molecule has 0 radical (unpaired) electrons. The average Bonchev–Trinajstić information content (AvgIpc) is 3.09. The quantitative estimate of drug-likeness (QED) is 0.676. The SMILES string of the molecule is Cc1ccnn1-c1ccc(C(=O)OCC(=O)Nc2ccc(F)c(Cl)c2)cc1. The lowest BCUT2D eigenvalue weighted by Gasteiger charge is -2.08. The van der Waals surface area contributed by atoms with Crippen molar-refractivity contribution in [1.82, 2.24) is 9.78 Å². The van der Waals surface area contributed by atoms with Crippen molar-refractivity contribution in [3.8, 4) is 5.69 Å². The molecule has 1 amide bonds. The third-order valence-electron chi connectivity index (χ3n) is 3.72. The van der Waals surface area contributed by atoms with Crippen LogP contribution in [0, 0.1) is 12.7 Å². The van der Waals surface area contributed by atoms with E-state index in [-0.39, 0.29) is 5.02 Å². The van der Waals surface area contributed by atoms with Gasteiger partial charge < -0.3 is 10.1 Å². The number of nitrogens with one attached hydrogen (secondary N) is 1. The number of hydrogen-bond acceptors (Lipinski definition) is 4. The van der Waals surface area contributed by atoms with Crippen molar-refractivity contribution in [1.29, 1.82) is 0 Å². The summed E-state index contributed by atoms with van der Waals surface area (Å²) in [5, 5.41) is 6.54. The number of aryl methyl sites for hydroxylation is 1.